The minimum Gasteiger partial charge on any atom is -0.369 e. The number of hydrogen-bond donors (Lipinski definition) is 2. The Balaban J connectivity index is 2.27. The molecule has 1 amide bonds. The van der Waals surface area contributed by atoms with Gasteiger partial charge in [0.05, 0.1) is 10.8 Å². The largest absolute Gasteiger partial charge is 0.369 e. The fraction of sp³-hybridized carbons (Fsp3) is 0.462. The van der Waals surface area contributed by atoms with Gasteiger partial charge in [-0.25, -0.2) is 17.5 Å². The van der Waals surface area contributed by atoms with Crippen LogP contribution in [0, 0.1) is 18.7 Å². The Labute approximate surface area is 117 Å². The van der Waals surface area contributed by atoms with E-state index in [9.17, 15) is 17.6 Å². The predicted molar refractivity (Wildman–Crippen MR) is 71.8 cm³/mol. The molecule has 7 heteroatoms. The second-order valence-corrected chi connectivity index (χ2v) is 6.76. The maximum Gasteiger partial charge on any atom is 0.241 e. The first-order valence-corrected chi connectivity index (χ1v) is 7.87. The van der Waals surface area contributed by atoms with Crippen molar-refractivity contribution in [3.05, 3.63) is 29.6 Å². The lowest BCUT2D eigenvalue weighted by molar-refractivity contribution is -0.122. The third-order valence-electron chi connectivity index (χ3n) is 3.63. The zero-order chi connectivity index (χ0) is 14.9. The van der Waals surface area contributed by atoms with Gasteiger partial charge in [-0.3, -0.25) is 4.79 Å². The SMILES string of the molecule is Cc1ccc(F)cc1S(=O)(=O)N[C@@H]1CCC[C@H]1C(N)=O. The number of nitrogens with two attached hydrogens (primary N) is 1. The zero-order valence-corrected chi connectivity index (χ0v) is 11.9. The van der Waals surface area contributed by atoms with Gasteiger partial charge in [0.15, 0.2) is 0 Å². The van der Waals surface area contributed by atoms with E-state index < -0.39 is 33.7 Å². The minimum atomic E-state index is -3.86. The fourth-order valence-corrected chi connectivity index (χ4v) is 4.14. The third kappa shape index (κ3) is 2.99. The van der Waals surface area contributed by atoms with Crippen molar-refractivity contribution in [2.24, 2.45) is 11.7 Å². The number of amides is 1. The van der Waals surface area contributed by atoms with E-state index in [-0.39, 0.29) is 4.90 Å². The molecule has 0 heterocycles. The van der Waals surface area contributed by atoms with Crippen LogP contribution in [0.4, 0.5) is 4.39 Å². The summed E-state index contributed by atoms with van der Waals surface area (Å²) < 4.78 is 40.3. The molecule has 1 aromatic carbocycles. The van der Waals surface area contributed by atoms with Crippen LogP contribution < -0.4 is 10.5 Å². The van der Waals surface area contributed by atoms with Gasteiger partial charge in [0, 0.05) is 6.04 Å². The molecule has 1 saturated carbocycles. The number of halogens is 1. The number of sulfonamides is 1. The Kier molecular flexibility index (Phi) is 4.10. The average molecular weight is 300 g/mol. The quantitative estimate of drug-likeness (QED) is 0.871. The van der Waals surface area contributed by atoms with Crippen LogP contribution in [0.5, 0.6) is 0 Å². The van der Waals surface area contributed by atoms with Gasteiger partial charge in [-0.2, -0.15) is 0 Å². The van der Waals surface area contributed by atoms with Gasteiger partial charge < -0.3 is 5.73 Å². The Morgan fingerprint density at radius 3 is 2.75 bits per heavy atom. The lowest BCUT2D eigenvalue weighted by Crippen LogP contribution is -2.42. The molecule has 1 aromatic rings. The predicted octanol–water partition coefficient (Wildman–Crippen LogP) is 1.07. The smallest absolute Gasteiger partial charge is 0.241 e. The number of hydrogen-bond acceptors (Lipinski definition) is 3. The molecule has 0 radical (unpaired) electrons. The van der Waals surface area contributed by atoms with Crippen molar-refractivity contribution in [1.82, 2.24) is 4.72 Å². The van der Waals surface area contributed by atoms with E-state index in [4.69, 9.17) is 5.73 Å². The van der Waals surface area contributed by atoms with Gasteiger partial charge >= 0.3 is 0 Å². The molecular weight excluding hydrogens is 283 g/mol. The Bertz CT molecular complexity index is 631. The molecular formula is C13H17FN2O3S. The summed E-state index contributed by atoms with van der Waals surface area (Å²) in [6.07, 6.45) is 1.87. The van der Waals surface area contributed by atoms with Crippen LogP contribution in [-0.2, 0) is 14.8 Å². The van der Waals surface area contributed by atoms with E-state index in [0.29, 0.717) is 18.4 Å². The Morgan fingerprint density at radius 1 is 1.40 bits per heavy atom. The molecule has 0 bridgehead atoms. The van der Waals surface area contributed by atoms with Crippen molar-refractivity contribution in [3.63, 3.8) is 0 Å². The highest BCUT2D eigenvalue weighted by Gasteiger charge is 2.35. The molecule has 2 atom stereocenters. The van der Waals surface area contributed by atoms with Gasteiger partial charge in [0.25, 0.3) is 0 Å². The molecule has 2 rings (SSSR count). The molecule has 20 heavy (non-hydrogen) atoms. The summed E-state index contributed by atoms with van der Waals surface area (Å²) in [5.41, 5.74) is 5.72. The minimum absolute atomic E-state index is 0.104. The first kappa shape index (κ1) is 14.9. The van der Waals surface area contributed by atoms with E-state index in [1.807, 2.05) is 0 Å². The van der Waals surface area contributed by atoms with Crippen LogP contribution in [-0.4, -0.2) is 20.4 Å². The van der Waals surface area contributed by atoms with Crippen LogP contribution in [0.1, 0.15) is 24.8 Å². The van der Waals surface area contributed by atoms with Gasteiger partial charge in [0.1, 0.15) is 5.82 Å². The van der Waals surface area contributed by atoms with Gasteiger partial charge in [-0.1, -0.05) is 12.5 Å². The monoisotopic (exact) mass is 300 g/mol. The average Bonchev–Trinajstić information content (AvgIpc) is 2.79. The molecule has 3 N–H and O–H groups in total. The summed E-state index contributed by atoms with van der Waals surface area (Å²) in [4.78, 5) is 11.2. The highest BCUT2D eigenvalue weighted by atomic mass is 32.2. The van der Waals surface area contributed by atoms with Gasteiger partial charge in [0.2, 0.25) is 15.9 Å². The van der Waals surface area contributed by atoms with Crippen molar-refractivity contribution in [3.8, 4) is 0 Å². The second kappa shape index (κ2) is 5.49. The van der Waals surface area contributed by atoms with Crippen molar-refractivity contribution in [2.45, 2.75) is 37.1 Å². The van der Waals surface area contributed by atoms with E-state index in [1.54, 1.807) is 6.92 Å². The second-order valence-electron chi connectivity index (χ2n) is 5.08. The number of nitrogens with one attached hydrogen (secondary N) is 1. The molecule has 0 spiro atoms. The molecule has 5 nitrogen and oxygen atoms in total. The zero-order valence-electron chi connectivity index (χ0n) is 11.1. The van der Waals surface area contributed by atoms with Crippen molar-refractivity contribution < 1.29 is 17.6 Å². The highest BCUT2D eigenvalue weighted by molar-refractivity contribution is 7.89. The van der Waals surface area contributed by atoms with Crippen LogP contribution in [0.3, 0.4) is 0 Å². The molecule has 1 fully saturated rings. The van der Waals surface area contributed by atoms with Gasteiger partial charge in [-0.15, -0.1) is 0 Å². The van der Waals surface area contributed by atoms with Crippen LogP contribution in [0.25, 0.3) is 0 Å². The molecule has 1 aliphatic rings. The summed E-state index contributed by atoms with van der Waals surface area (Å²) in [5.74, 6) is -1.63. The van der Waals surface area contributed by atoms with E-state index in [2.05, 4.69) is 4.72 Å². The topological polar surface area (TPSA) is 89.3 Å². The van der Waals surface area contributed by atoms with E-state index >= 15 is 0 Å². The summed E-state index contributed by atoms with van der Waals surface area (Å²) in [5, 5.41) is 0. The Morgan fingerprint density at radius 2 is 2.10 bits per heavy atom. The highest BCUT2D eigenvalue weighted by Crippen LogP contribution is 2.27. The van der Waals surface area contributed by atoms with Crippen molar-refractivity contribution in [1.29, 1.82) is 0 Å². The normalized spacial score (nSPS) is 22.9. The van der Waals surface area contributed by atoms with Crippen LogP contribution in [0.2, 0.25) is 0 Å². The van der Waals surface area contributed by atoms with Crippen molar-refractivity contribution in [2.75, 3.05) is 0 Å². The van der Waals surface area contributed by atoms with Gasteiger partial charge in [-0.05, 0) is 37.5 Å². The third-order valence-corrected chi connectivity index (χ3v) is 5.26. The number of benzene rings is 1. The molecule has 0 aromatic heterocycles. The summed E-state index contributed by atoms with van der Waals surface area (Å²) in [6, 6.07) is 3.08. The van der Waals surface area contributed by atoms with Crippen molar-refractivity contribution >= 4 is 15.9 Å². The lowest BCUT2D eigenvalue weighted by Gasteiger charge is -2.19. The molecule has 0 aliphatic heterocycles. The first-order chi connectivity index (χ1) is 9.31. The lowest BCUT2D eigenvalue weighted by atomic mass is 10.0. The standard InChI is InChI=1S/C13H17FN2O3S/c1-8-5-6-9(14)7-12(8)20(18,19)16-11-4-2-3-10(11)13(15)17/h5-7,10-11,16H,2-4H2,1H3,(H2,15,17)/t10-,11-/m1/s1. The van der Waals surface area contributed by atoms with Crippen LogP contribution >= 0.6 is 0 Å². The van der Waals surface area contributed by atoms with E-state index in [1.165, 1.54) is 12.1 Å². The Hall–Kier alpha value is -1.47. The first-order valence-electron chi connectivity index (χ1n) is 6.39. The molecule has 110 valence electrons. The summed E-state index contributed by atoms with van der Waals surface area (Å²) >= 11 is 0. The number of rotatable bonds is 4. The van der Waals surface area contributed by atoms with E-state index in [0.717, 1.165) is 12.5 Å². The number of primary amides is 1. The fourth-order valence-electron chi connectivity index (χ4n) is 2.57. The van der Waals surface area contributed by atoms with Crippen LogP contribution in [0.15, 0.2) is 23.1 Å². The molecule has 1 aliphatic carbocycles. The maximum absolute atomic E-state index is 13.2. The number of carbonyl (C=O) groups is 1. The number of carbonyl (C=O) groups excluding carboxylic acids is 1. The maximum atomic E-state index is 13.2. The molecule has 0 unspecified atom stereocenters. The number of aryl methyl sites for hydroxylation is 1. The molecule has 0 saturated heterocycles. The summed E-state index contributed by atoms with van der Waals surface area (Å²) in [7, 11) is -3.86. The summed E-state index contributed by atoms with van der Waals surface area (Å²) in [6.45, 7) is 1.59.